The Morgan fingerprint density at radius 1 is 1.29 bits per heavy atom. The second kappa shape index (κ2) is 4.63. The van der Waals surface area contributed by atoms with Gasteiger partial charge in [-0.1, -0.05) is 13.8 Å². The van der Waals surface area contributed by atoms with Crippen LogP contribution in [0.1, 0.15) is 26.7 Å². The summed E-state index contributed by atoms with van der Waals surface area (Å²) in [6, 6.07) is 0. The number of nitrogens with one attached hydrogen (secondary N) is 1. The maximum absolute atomic E-state index is 11.9. The zero-order valence-electron chi connectivity index (χ0n) is 8.24. The number of alkyl halides is 3. The Bertz CT molecular complexity index is 191. The van der Waals surface area contributed by atoms with E-state index in [1.165, 1.54) is 0 Å². The van der Waals surface area contributed by atoms with E-state index < -0.39 is 17.6 Å². The van der Waals surface area contributed by atoms with E-state index in [1.807, 2.05) is 5.32 Å². The molecule has 0 spiro atoms. The first-order valence-electron chi connectivity index (χ1n) is 4.40. The van der Waals surface area contributed by atoms with Gasteiger partial charge in [0, 0.05) is 6.54 Å². The van der Waals surface area contributed by atoms with Crippen molar-refractivity contribution in [3.05, 3.63) is 0 Å². The summed E-state index contributed by atoms with van der Waals surface area (Å²) < 4.78 is 35.8. The first-order chi connectivity index (χ1) is 6.31. The molecular formula is C8H15F3N2O. The summed E-state index contributed by atoms with van der Waals surface area (Å²) in [7, 11) is 0. The Labute approximate surface area is 80.8 Å². The Balaban J connectivity index is 4.54. The largest absolute Gasteiger partial charge is 0.471 e. The van der Waals surface area contributed by atoms with Gasteiger partial charge in [-0.2, -0.15) is 13.2 Å². The predicted octanol–water partition coefficient (Wildman–Crippen LogP) is 1.18. The first kappa shape index (κ1) is 13.2. The average molecular weight is 212 g/mol. The topological polar surface area (TPSA) is 55.1 Å². The molecule has 0 bridgehead atoms. The Morgan fingerprint density at radius 3 is 1.93 bits per heavy atom. The Morgan fingerprint density at radius 2 is 1.71 bits per heavy atom. The van der Waals surface area contributed by atoms with E-state index in [4.69, 9.17) is 5.73 Å². The number of rotatable bonds is 4. The van der Waals surface area contributed by atoms with Crippen molar-refractivity contribution in [3.63, 3.8) is 0 Å². The number of hydrogen-bond donors (Lipinski definition) is 2. The van der Waals surface area contributed by atoms with Crippen LogP contribution in [0, 0.1) is 0 Å². The molecule has 0 atom stereocenters. The molecule has 0 aliphatic carbocycles. The van der Waals surface area contributed by atoms with Crippen molar-refractivity contribution in [2.75, 3.05) is 6.54 Å². The zero-order valence-corrected chi connectivity index (χ0v) is 8.24. The normalized spacial score (nSPS) is 12.7. The summed E-state index contributed by atoms with van der Waals surface area (Å²) in [5.74, 6) is -1.92. The summed E-state index contributed by atoms with van der Waals surface area (Å²) in [5, 5.41) is 1.93. The standard InChI is InChI=1S/C8H15F3N2O/c1-3-7(4-2,5-12)13-6(14)8(9,10)11/h3-5,12H2,1-2H3,(H,13,14). The number of hydrogen-bond acceptors (Lipinski definition) is 2. The van der Waals surface area contributed by atoms with Gasteiger partial charge in [0.2, 0.25) is 0 Å². The third kappa shape index (κ3) is 3.17. The van der Waals surface area contributed by atoms with Crippen molar-refractivity contribution in [1.29, 1.82) is 0 Å². The van der Waals surface area contributed by atoms with Gasteiger partial charge in [-0.3, -0.25) is 4.79 Å². The third-order valence-electron chi connectivity index (χ3n) is 2.38. The van der Waals surface area contributed by atoms with Crippen LogP contribution in [0.25, 0.3) is 0 Å². The van der Waals surface area contributed by atoms with Gasteiger partial charge in [0.05, 0.1) is 5.54 Å². The van der Waals surface area contributed by atoms with Gasteiger partial charge in [-0.05, 0) is 12.8 Å². The molecule has 0 aliphatic heterocycles. The number of nitrogens with two attached hydrogens (primary N) is 1. The van der Waals surface area contributed by atoms with Gasteiger partial charge in [0.25, 0.3) is 0 Å². The van der Waals surface area contributed by atoms with Gasteiger partial charge in [-0.25, -0.2) is 0 Å². The lowest BCUT2D eigenvalue weighted by Crippen LogP contribution is -2.56. The van der Waals surface area contributed by atoms with Crippen LogP contribution in [0.2, 0.25) is 0 Å². The van der Waals surface area contributed by atoms with E-state index in [0.717, 1.165) is 0 Å². The monoisotopic (exact) mass is 212 g/mol. The van der Waals surface area contributed by atoms with Crippen molar-refractivity contribution in [1.82, 2.24) is 5.32 Å². The SMILES string of the molecule is CCC(CC)(CN)NC(=O)C(F)(F)F. The minimum atomic E-state index is -4.84. The molecule has 0 fully saturated rings. The minimum Gasteiger partial charge on any atom is -0.342 e. The predicted molar refractivity (Wildman–Crippen MR) is 46.6 cm³/mol. The van der Waals surface area contributed by atoms with Crippen LogP contribution in [0.5, 0.6) is 0 Å². The minimum absolute atomic E-state index is 0.00181. The van der Waals surface area contributed by atoms with E-state index in [0.29, 0.717) is 12.8 Å². The molecule has 84 valence electrons. The van der Waals surface area contributed by atoms with E-state index in [9.17, 15) is 18.0 Å². The highest BCUT2D eigenvalue weighted by atomic mass is 19.4. The molecule has 0 saturated carbocycles. The fourth-order valence-corrected chi connectivity index (χ4v) is 1.08. The Hall–Kier alpha value is -0.780. The van der Waals surface area contributed by atoms with Gasteiger partial charge >= 0.3 is 12.1 Å². The molecule has 14 heavy (non-hydrogen) atoms. The molecule has 3 nitrogen and oxygen atoms in total. The van der Waals surface area contributed by atoms with Crippen molar-refractivity contribution in [2.24, 2.45) is 5.73 Å². The smallest absolute Gasteiger partial charge is 0.342 e. The molecule has 0 rings (SSSR count). The lowest BCUT2D eigenvalue weighted by atomic mass is 9.93. The highest BCUT2D eigenvalue weighted by Gasteiger charge is 2.42. The molecule has 0 aromatic heterocycles. The third-order valence-corrected chi connectivity index (χ3v) is 2.38. The number of amides is 1. The summed E-state index contributed by atoms with van der Waals surface area (Å²) >= 11 is 0. The summed E-state index contributed by atoms with van der Waals surface area (Å²) in [6.45, 7) is 3.38. The van der Waals surface area contributed by atoms with Crippen LogP contribution >= 0.6 is 0 Å². The molecule has 0 aliphatic rings. The molecule has 0 saturated heterocycles. The maximum atomic E-state index is 11.9. The fourth-order valence-electron chi connectivity index (χ4n) is 1.08. The number of carbonyl (C=O) groups excluding carboxylic acids is 1. The van der Waals surface area contributed by atoms with E-state index in [2.05, 4.69) is 0 Å². The number of halogens is 3. The summed E-state index contributed by atoms with van der Waals surface area (Å²) in [4.78, 5) is 10.7. The maximum Gasteiger partial charge on any atom is 0.471 e. The van der Waals surface area contributed by atoms with Crippen LogP contribution in [-0.2, 0) is 4.79 Å². The second-order valence-electron chi connectivity index (χ2n) is 3.14. The van der Waals surface area contributed by atoms with Crippen molar-refractivity contribution in [3.8, 4) is 0 Å². The molecule has 0 unspecified atom stereocenters. The van der Waals surface area contributed by atoms with Gasteiger partial charge in [0.1, 0.15) is 0 Å². The molecule has 3 N–H and O–H groups in total. The van der Waals surface area contributed by atoms with Crippen LogP contribution in [-0.4, -0.2) is 24.2 Å². The van der Waals surface area contributed by atoms with Crippen molar-refractivity contribution < 1.29 is 18.0 Å². The zero-order chi connectivity index (χ0) is 11.4. The molecule has 1 amide bonds. The van der Waals surface area contributed by atoms with Gasteiger partial charge in [-0.15, -0.1) is 0 Å². The molecule has 0 radical (unpaired) electrons. The quantitative estimate of drug-likeness (QED) is 0.735. The molecule has 0 aromatic carbocycles. The van der Waals surface area contributed by atoms with Crippen molar-refractivity contribution >= 4 is 5.91 Å². The molecule has 0 aromatic rings. The molecule has 0 heterocycles. The lowest BCUT2D eigenvalue weighted by molar-refractivity contribution is -0.175. The fraction of sp³-hybridized carbons (Fsp3) is 0.875. The van der Waals surface area contributed by atoms with Crippen molar-refractivity contribution in [2.45, 2.75) is 38.4 Å². The highest BCUT2D eigenvalue weighted by Crippen LogP contribution is 2.19. The van der Waals surface area contributed by atoms with E-state index in [1.54, 1.807) is 13.8 Å². The first-order valence-corrected chi connectivity index (χ1v) is 4.40. The highest BCUT2D eigenvalue weighted by molar-refractivity contribution is 5.82. The lowest BCUT2D eigenvalue weighted by Gasteiger charge is -2.31. The molecular weight excluding hydrogens is 197 g/mol. The van der Waals surface area contributed by atoms with Gasteiger partial charge in [0.15, 0.2) is 0 Å². The van der Waals surface area contributed by atoms with Crippen LogP contribution in [0.3, 0.4) is 0 Å². The van der Waals surface area contributed by atoms with Crippen LogP contribution in [0.4, 0.5) is 13.2 Å². The second-order valence-corrected chi connectivity index (χ2v) is 3.14. The van der Waals surface area contributed by atoms with Crippen LogP contribution < -0.4 is 11.1 Å². The van der Waals surface area contributed by atoms with Gasteiger partial charge < -0.3 is 11.1 Å². The average Bonchev–Trinajstić information content (AvgIpc) is 2.12. The summed E-state index contributed by atoms with van der Waals surface area (Å²) in [6.07, 6.45) is -4.09. The van der Waals surface area contributed by atoms with E-state index in [-0.39, 0.29) is 6.54 Å². The molecule has 6 heteroatoms. The summed E-state index contributed by atoms with van der Waals surface area (Å²) in [5.41, 5.74) is 4.40. The van der Waals surface area contributed by atoms with Crippen LogP contribution in [0.15, 0.2) is 0 Å². The van der Waals surface area contributed by atoms with E-state index >= 15 is 0 Å². The Kier molecular flexibility index (Phi) is 4.38. The number of carbonyl (C=O) groups is 1.